The Morgan fingerprint density at radius 2 is 2.00 bits per heavy atom. The Labute approximate surface area is 217 Å². The van der Waals surface area contributed by atoms with Crippen molar-refractivity contribution in [2.45, 2.75) is 44.2 Å². The molecule has 0 bridgehead atoms. The van der Waals surface area contributed by atoms with Crippen LogP contribution in [0.15, 0.2) is 49.6 Å². The van der Waals surface area contributed by atoms with Crippen molar-refractivity contribution in [1.82, 2.24) is 29.5 Å². The molecule has 3 aliphatic rings. The molecular formula is C28H33N7O2. The van der Waals surface area contributed by atoms with E-state index in [1.807, 2.05) is 42.8 Å². The minimum Gasteiger partial charge on any atom is -0.479 e. The summed E-state index contributed by atoms with van der Waals surface area (Å²) >= 11 is 0. The monoisotopic (exact) mass is 499 g/mol. The number of nitrogens with one attached hydrogen (secondary N) is 1. The van der Waals surface area contributed by atoms with Crippen LogP contribution in [0.3, 0.4) is 0 Å². The number of nitrogens with zero attached hydrogens (tertiary/aromatic N) is 6. The zero-order valence-electron chi connectivity index (χ0n) is 21.6. The van der Waals surface area contributed by atoms with Gasteiger partial charge < -0.3 is 15.0 Å². The molecule has 2 saturated heterocycles. The van der Waals surface area contributed by atoms with E-state index in [2.05, 4.69) is 41.8 Å². The Bertz CT molecular complexity index is 1350. The van der Waals surface area contributed by atoms with Crippen molar-refractivity contribution >= 4 is 17.4 Å². The molecule has 9 heteroatoms. The summed E-state index contributed by atoms with van der Waals surface area (Å²) in [6.07, 6.45) is 11.0. The van der Waals surface area contributed by atoms with Crippen molar-refractivity contribution in [3.8, 4) is 16.9 Å². The first-order valence-electron chi connectivity index (χ1n) is 12.9. The molecule has 0 atom stereocenters. The van der Waals surface area contributed by atoms with E-state index in [1.54, 1.807) is 4.68 Å². The summed E-state index contributed by atoms with van der Waals surface area (Å²) < 4.78 is 8.34. The summed E-state index contributed by atoms with van der Waals surface area (Å²) in [7, 11) is 1.92. The Morgan fingerprint density at radius 1 is 1.22 bits per heavy atom. The number of carbonyl (C=O) groups excluding carboxylic acids is 1. The lowest BCUT2D eigenvalue weighted by molar-refractivity contribution is -0.127. The lowest BCUT2D eigenvalue weighted by Crippen LogP contribution is -2.54. The van der Waals surface area contributed by atoms with Crippen LogP contribution in [0.4, 0.5) is 11.5 Å². The van der Waals surface area contributed by atoms with Crippen LogP contribution in [0, 0.1) is 0 Å². The molecular weight excluding hydrogens is 466 g/mol. The molecule has 0 radical (unpaired) electrons. The third-order valence-electron chi connectivity index (χ3n) is 7.87. The van der Waals surface area contributed by atoms with Gasteiger partial charge in [-0.1, -0.05) is 6.58 Å². The van der Waals surface area contributed by atoms with Gasteiger partial charge >= 0.3 is 0 Å². The second kappa shape index (κ2) is 8.99. The van der Waals surface area contributed by atoms with Crippen molar-refractivity contribution < 1.29 is 9.53 Å². The van der Waals surface area contributed by atoms with Gasteiger partial charge in [-0.25, -0.2) is 4.98 Å². The summed E-state index contributed by atoms with van der Waals surface area (Å²) in [6, 6.07) is 4.66. The third kappa shape index (κ3) is 4.27. The Balaban J connectivity index is 1.20. The lowest BCUT2D eigenvalue weighted by atomic mass is 9.90. The predicted molar refractivity (Wildman–Crippen MR) is 142 cm³/mol. The fourth-order valence-corrected chi connectivity index (χ4v) is 5.86. The first-order valence-corrected chi connectivity index (χ1v) is 12.9. The number of hydrogen-bond donors (Lipinski definition) is 1. The van der Waals surface area contributed by atoms with Gasteiger partial charge in [0.1, 0.15) is 11.4 Å². The van der Waals surface area contributed by atoms with Crippen molar-refractivity contribution in [3.63, 3.8) is 0 Å². The van der Waals surface area contributed by atoms with E-state index in [-0.39, 0.29) is 5.91 Å². The Kier molecular flexibility index (Phi) is 5.75. The van der Waals surface area contributed by atoms with Gasteiger partial charge in [0.25, 0.3) is 0 Å². The maximum Gasteiger partial charge on any atom is 0.245 e. The molecule has 6 heterocycles. The average Bonchev–Trinajstić information content (AvgIpc) is 3.25. The summed E-state index contributed by atoms with van der Waals surface area (Å²) in [6.45, 7) is 11.3. The molecule has 0 unspecified atom stereocenters. The summed E-state index contributed by atoms with van der Waals surface area (Å²) in [5.74, 6) is 1.93. The number of piperidine rings is 1. The van der Waals surface area contributed by atoms with Gasteiger partial charge in [-0.3, -0.25) is 19.4 Å². The molecule has 0 saturated carbocycles. The van der Waals surface area contributed by atoms with Crippen LogP contribution in [0.1, 0.15) is 43.9 Å². The van der Waals surface area contributed by atoms with Crippen LogP contribution in [0.2, 0.25) is 0 Å². The quantitative estimate of drug-likeness (QED) is 0.546. The zero-order chi connectivity index (χ0) is 25.7. The number of amides is 1. The Hall–Kier alpha value is -3.72. The van der Waals surface area contributed by atoms with Crippen molar-refractivity contribution in [1.29, 1.82) is 0 Å². The highest BCUT2D eigenvalue weighted by Crippen LogP contribution is 2.45. The topological polar surface area (TPSA) is 88.4 Å². The molecule has 0 aromatic carbocycles. The number of pyridine rings is 2. The van der Waals surface area contributed by atoms with Crippen LogP contribution in [-0.2, 0) is 17.4 Å². The SMILES string of the molecule is C=CC(=O)N1CCC(N2CC(c3cc4c(cn3)OC(C)(C)c3c(-c5cnn(C)c5)ccnc3N4)C2)CC1. The van der Waals surface area contributed by atoms with Crippen molar-refractivity contribution in [2.24, 2.45) is 7.05 Å². The van der Waals surface area contributed by atoms with E-state index in [0.29, 0.717) is 12.0 Å². The number of aryl methyl sites for hydroxylation is 1. The zero-order valence-corrected chi connectivity index (χ0v) is 21.6. The molecule has 3 aromatic rings. The molecule has 3 aromatic heterocycles. The molecule has 1 amide bonds. The van der Waals surface area contributed by atoms with Crippen LogP contribution in [0.25, 0.3) is 11.1 Å². The number of hydrogen-bond acceptors (Lipinski definition) is 7. The van der Waals surface area contributed by atoms with Crippen LogP contribution < -0.4 is 10.1 Å². The van der Waals surface area contributed by atoms with E-state index in [4.69, 9.17) is 14.7 Å². The molecule has 3 aliphatic heterocycles. The number of rotatable bonds is 4. The molecule has 0 spiro atoms. The molecule has 192 valence electrons. The summed E-state index contributed by atoms with van der Waals surface area (Å²) in [5.41, 5.74) is 4.41. The van der Waals surface area contributed by atoms with Crippen LogP contribution in [0.5, 0.6) is 5.75 Å². The molecule has 6 rings (SSSR count). The number of fused-ring (bicyclic) bond motifs is 2. The summed E-state index contributed by atoms with van der Waals surface area (Å²) in [4.78, 5) is 25.8. The number of anilines is 2. The molecule has 1 N–H and O–H groups in total. The van der Waals surface area contributed by atoms with Gasteiger partial charge in [-0.15, -0.1) is 0 Å². The number of ether oxygens (including phenoxy) is 1. The first-order chi connectivity index (χ1) is 17.8. The molecule has 9 nitrogen and oxygen atoms in total. The lowest BCUT2D eigenvalue weighted by Gasteiger charge is -2.47. The van der Waals surface area contributed by atoms with E-state index in [0.717, 1.165) is 78.7 Å². The standard InChI is InChI=1S/C28H33N7O2/c1-5-25(36)34-10-7-20(8-11-34)35-16-19(17-35)22-12-23-24(14-30-22)37-28(2,3)26-21(6-9-29-27(26)32-23)18-13-31-33(4)15-18/h5-6,9,12-15,19-20H,1,7-8,10-11,16-17H2,2-4H3,(H,29,32). The predicted octanol–water partition coefficient (Wildman–Crippen LogP) is 3.82. The fourth-order valence-electron chi connectivity index (χ4n) is 5.86. The maximum atomic E-state index is 11.9. The third-order valence-corrected chi connectivity index (χ3v) is 7.87. The average molecular weight is 500 g/mol. The molecule has 0 aliphatic carbocycles. The van der Waals surface area contributed by atoms with Gasteiger partial charge in [0.2, 0.25) is 5.91 Å². The van der Waals surface area contributed by atoms with Crippen LogP contribution >= 0.6 is 0 Å². The second-order valence-corrected chi connectivity index (χ2v) is 10.7. The molecule has 37 heavy (non-hydrogen) atoms. The van der Waals surface area contributed by atoms with Crippen molar-refractivity contribution in [3.05, 3.63) is 60.8 Å². The van der Waals surface area contributed by atoms with Gasteiger partial charge in [0, 0.05) is 74.4 Å². The van der Waals surface area contributed by atoms with E-state index in [9.17, 15) is 4.79 Å². The number of likely N-dealkylation sites (tertiary alicyclic amines) is 2. The maximum absolute atomic E-state index is 11.9. The smallest absolute Gasteiger partial charge is 0.245 e. The van der Waals surface area contributed by atoms with Gasteiger partial charge in [0.15, 0.2) is 5.75 Å². The van der Waals surface area contributed by atoms with E-state index >= 15 is 0 Å². The highest BCUT2D eigenvalue weighted by Gasteiger charge is 2.38. The minimum atomic E-state index is -0.620. The van der Waals surface area contributed by atoms with Gasteiger partial charge in [0.05, 0.1) is 18.1 Å². The van der Waals surface area contributed by atoms with Crippen LogP contribution in [-0.4, -0.2) is 67.7 Å². The minimum absolute atomic E-state index is 0.0376. The number of carbonyl (C=O) groups is 1. The number of aromatic nitrogens is 4. The Morgan fingerprint density at radius 3 is 2.70 bits per heavy atom. The largest absolute Gasteiger partial charge is 0.479 e. The van der Waals surface area contributed by atoms with Crippen molar-refractivity contribution in [2.75, 3.05) is 31.5 Å². The molecule has 2 fully saturated rings. The highest BCUT2D eigenvalue weighted by atomic mass is 16.5. The summed E-state index contributed by atoms with van der Waals surface area (Å²) in [5, 5.41) is 7.91. The van der Waals surface area contributed by atoms with E-state index < -0.39 is 5.60 Å². The fraction of sp³-hybridized carbons (Fsp3) is 0.429. The van der Waals surface area contributed by atoms with E-state index in [1.165, 1.54) is 6.08 Å². The van der Waals surface area contributed by atoms with Gasteiger partial charge in [-0.2, -0.15) is 5.10 Å². The first kappa shape index (κ1) is 23.7. The highest BCUT2D eigenvalue weighted by molar-refractivity contribution is 5.87. The second-order valence-electron chi connectivity index (χ2n) is 10.7. The van der Waals surface area contributed by atoms with Gasteiger partial charge in [-0.05, 0) is 50.5 Å². The normalized spacial score (nSPS) is 19.6.